The number of allylic oxidation sites excluding steroid dienone is 1. The Morgan fingerprint density at radius 3 is 2.54 bits per heavy atom. The van der Waals surface area contributed by atoms with Crippen LogP contribution in [-0.2, 0) is 0 Å². The Bertz CT molecular complexity index is 855. The number of para-hydroxylation sites is 1. The normalized spacial score (nSPS) is 17.0. The van der Waals surface area contributed by atoms with Gasteiger partial charge in [0.25, 0.3) is 0 Å². The fourth-order valence-electron chi connectivity index (χ4n) is 3.35. The molecular formula is C19H22N6O. The van der Waals surface area contributed by atoms with Gasteiger partial charge in [0.2, 0.25) is 0 Å². The lowest BCUT2D eigenvalue weighted by molar-refractivity contribution is 0.328. The first-order valence-electron chi connectivity index (χ1n) is 8.74. The first-order chi connectivity index (χ1) is 12.7. The molecule has 0 radical (unpaired) electrons. The summed E-state index contributed by atoms with van der Waals surface area (Å²) in [5, 5.41) is 21.5. The molecular weight excluding hydrogens is 328 g/mol. The van der Waals surface area contributed by atoms with Crippen LogP contribution in [0.3, 0.4) is 0 Å². The van der Waals surface area contributed by atoms with E-state index in [0.717, 1.165) is 38.4 Å². The van der Waals surface area contributed by atoms with Gasteiger partial charge in [-0.05, 0) is 36.6 Å². The Morgan fingerprint density at radius 2 is 1.81 bits per heavy atom. The molecule has 0 bridgehead atoms. The number of nitrogens with two attached hydrogens (primary N) is 1. The van der Waals surface area contributed by atoms with Gasteiger partial charge in [-0.25, -0.2) is 0 Å². The highest BCUT2D eigenvalue weighted by Gasteiger charge is 2.21. The van der Waals surface area contributed by atoms with Crippen molar-refractivity contribution in [3.8, 4) is 17.0 Å². The van der Waals surface area contributed by atoms with E-state index in [2.05, 4.69) is 37.5 Å². The van der Waals surface area contributed by atoms with Crippen LogP contribution in [0.25, 0.3) is 11.3 Å². The monoisotopic (exact) mass is 350 g/mol. The van der Waals surface area contributed by atoms with Crippen molar-refractivity contribution in [2.45, 2.75) is 0 Å². The highest BCUT2D eigenvalue weighted by molar-refractivity contribution is 5.74. The zero-order valence-electron chi connectivity index (χ0n) is 14.5. The van der Waals surface area contributed by atoms with Gasteiger partial charge in [-0.1, -0.05) is 12.1 Å². The predicted octanol–water partition coefficient (Wildman–Crippen LogP) is 1.55. The highest BCUT2D eigenvalue weighted by atomic mass is 16.3. The molecule has 1 saturated heterocycles. The number of piperazine rings is 1. The summed E-state index contributed by atoms with van der Waals surface area (Å²) in [6.07, 6.45) is 6.30. The summed E-state index contributed by atoms with van der Waals surface area (Å²) in [5.41, 5.74) is 9.50. The van der Waals surface area contributed by atoms with Crippen LogP contribution in [0.15, 0.2) is 54.4 Å². The van der Waals surface area contributed by atoms with E-state index < -0.39 is 0 Å². The molecule has 2 aliphatic heterocycles. The topological polar surface area (TPSA) is 90.5 Å². The molecule has 3 heterocycles. The summed E-state index contributed by atoms with van der Waals surface area (Å²) in [5.74, 6) is 0.602. The number of aromatic nitrogens is 2. The highest BCUT2D eigenvalue weighted by Crippen LogP contribution is 2.31. The third-order valence-corrected chi connectivity index (χ3v) is 4.77. The number of benzene rings is 1. The predicted molar refractivity (Wildman–Crippen MR) is 103 cm³/mol. The van der Waals surface area contributed by atoms with Gasteiger partial charge in [0.1, 0.15) is 5.75 Å². The molecule has 2 aliphatic rings. The second-order valence-corrected chi connectivity index (χ2v) is 6.36. The minimum atomic E-state index is 0.187. The number of nitrogens with zero attached hydrogens (tertiary/aromatic N) is 4. The standard InChI is InChI=1S/C19H22N6O/c20-19-17(13-16(22-23-19)15-3-1-2-4-18(15)26)25-11-9-24(10-12-25)14-5-7-21-8-6-14/h1-7,13,21,26H,8-12H2,(H2,20,23). The first kappa shape index (κ1) is 16.3. The minimum Gasteiger partial charge on any atom is -0.507 e. The van der Waals surface area contributed by atoms with Crippen molar-refractivity contribution < 1.29 is 5.11 Å². The average molecular weight is 350 g/mol. The zero-order chi connectivity index (χ0) is 17.9. The van der Waals surface area contributed by atoms with E-state index >= 15 is 0 Å². The molecule has 1 aromatic carbocycles. The molecule has 1 aromatic heterocycles. The molecule has 134 valence electrons. The number of aromatic hydroxyl groups is 1. The number of nitrogen functional groups attached to an aromatic ring is 1. The summed E-state index contributed by atoms with van der Waals surface area (Å²) >= 11 is 0. The Morgan fingerprint density at radius 1 is 1.04 bits per heavy atom. The van der Waals surface area contributed by atoms with Crippen molar-refractivity contribution >= 4 is 11.5 Å². The van der Waals surface area contributed by atoms with Crippen LogP contribution in [0.1, 0.15) is 0 Å². The maximum Gasteiger partial charge on any atom is 0.169 e. The molecule has 0 aliphatic carbocycles. The molecule has 0 saturated carbocycles. The average Bonchev–Trinajstić information content (AvgIpc) is 2.70. The summed E-state index contributed by atoms with van der Waals surface area (Å²) < 4.78 is 0. The Balaban J connectivity index is 1.53. The van der Waals surface area contributed by atoms with Gasteiger partial charge in [0.05, 0.1) is 11.4 Å². The lowest BCUT2D eigenvalue weighted by Crippen LogP contribution is -2.46. The van der Waals surface area contributed by atoms with E-state index in [9.17, 15) is 5.11 Å². The second-order valence-electron chi connectivity index (χ2n) is 6.36. The molecule has 0 atom stereocenters. The molecule has 7 nitrogen and oxygen atoms in total. The largest absolute Gasteiger partial charge is 0.507 e. The van der Waals surface area contributed by atoms with E-state index in [-0.39, 0.29) is 5.75 Å². The molecule has 4 rings (SSSR count). The van der Waals surface area contributed by atoms with E-state index in [1.807, 2.05) is 24.4 Å². The molecule has 1 fully saturated rings. The van der Waals surface area contributed by atoms with E-state index in [1.54, 1.807) is 12.1 Å². The third-order valence-electron chi connectivity index (χ3n) is 4.77. The Hall–Kier alpha value is -3.22. The van der Waals surface area contributed by atoms with E-state index in [1.165, 1.54) is 5.70 Å². The van der Waals surface area contributed by atoms with Gasteiger partial charge >= 0.3 is 0 Å². The first-order valence-corrected chi connectivity index (χ1v) is 8.74. The van der Waals surface area contributed by atoms with Gasteiger partial charge in [-0.2, -0.15) is 0 Å². The number of dihydropyridines is 1. The maximum absolute atomic E-state index is 10.1. The van der Waals surface area contributed by atoms with E-state index in [0.29, 0.717) is 17.1 Å². The number of hydrogen-bond acceptors (Lipinski definition) is 7. The van der Waals surface area contributed by atoms with Crippen molar-refractivity contribution in [3.05, 3.63) is 54.4 Å². The fourth-order valence-corrected chi connectivity index (χ4v) is 3.35. The maximum atomic E-state index is 10.1. The lowest BCUT2D eigenvalue weighted by atomic mass is 10.1. The molecule has 26 heavy (non-hydrogen) atoms. The summed E-state index contributed by atoms with van der Waals surface area (Å²) in [7, 11) is 0. The van der Waals surface area contributed by atoms with Crippen molar-refractivity contribution in [2.24, 2.45) is 0 Å². The van der Waals surface area contributed by atoms with Crippen LogP contribution >= 0.6 is 0 Å². The number of hydrogen-bond donors (Lipinski definition) is 3. The summed E-state index contributed by atoms with van der Waals surface area (Å²) in [6, 6.07) is 9.04. The van der Waals surface area contributed by atoms with Crippen molar-refractivity contribution in [2.75, 3.05) is 43.4 Å². The van der Waals surface area contributed by atoms with Crippen LogP contribution in [0.4, 0.5) is 11.5 Å². The fraction of sp³-hybridized carbons (Fsp3) is 0.263. The van der Waals surface area contributed by atoms with Crippen LogP contribution < -0.4 is 16.0 Å². The molecule has 0 spiro atoms. The van der Waals surface area contributed by atoms with Crippen LogP contribution in [-0.4, -0.2) is 52.9 Å². The SMILES string of the molecule is Nc1nnc(-c2ccccc2O)cc1N1CCN(C2=CCNC=C2)CC1. The lowest BCUT2D eigenvalue weighted by Gasteiger charge is -2.38. The minimum absolute atomic E-state index is 0.187. The van der Waals surface area contributed by atoms with Crippen molar-refractivity contribution in [1.82, 2.24) is 20.4 Å². The smallest absolute Gasteiger partial charge is 0.169 e. The molecule has 7 heteroatoms. The Kier molecular flexibility index (Phi) is 4.35. The molecule has 0 unspecified atom stereocenters. The van der Waals surface area contributed by atoms with Crippen molar-refractivity contribution in [3.63, 3.8) is 0 Å². The number of phenolic OH excluding ortho intramolecular Hbond substituents is 1. The van der Waals surface area contributed by atoms with Crippen LogP contribution in [0.5, 0.6) is 5.75 Å². The van der Waals surface area contributed by atoms with Gasteiger partial charge in [-0.15, -0.1) is 10.2 Å². The van der Waals surface area contributed by atoms with Crippen LogP contribution in [0.2, 0.25) is 0 Å². The molecule has 2 aromatic rings. The second kappa shape index (κ2) is 6.95. The summed E-state index contributed by atoms with van der Waals surface area (Å²) in [6.45, 7) is 4.42. The van der Waals surface area contributed by atoms with Gasteiger partial charge in [0, 0.05) is 44.0 Å². The summed E-state index contributed by atoms with van der Waals surface area (Å²) in [4.78, 5) is 4.61. The van der Waals surface area contributed by atoms with Gasteiger partial charge < -0.3 is 26.0 Å². The number of phenols is 1. The number of rotatable bonds is 3. The molecule has 0 amide bonds. The zero-order valence-corrected chi connectivity index (χ0v) is 14.5. The van der Waals surface area contributed by atoms with Gasteiger partial charge in [0.15, 0.2) is 5.82 Å². The van der Waals surface area contributed by atoms with Crippen molar-refractivity contribution in [1.29, 1.82) is 0 Å². The van der Waals surface area contributed by atoms with Gasteiger partial charge in [-0.3, -0.25) is 0 Å². The van der Waals surface area contributed by atoms with Crippen LogP contribution in [0, 0.1) is 0 Å². The number of anilines is 2. The third kappa shape index (κ3) is 3.15. The Labute approximate surface area is 152 Å². The molecule has 4 N–H and O–H groups in total. The number of nitrogens with one attached hydrogen (secondary N) is 1. The van der Waals surface area contributed by atoms with E-state index in [4.69, 9.17) is 5.73 Å². The quantitative estimate of drug-likeness (QED) is 0.774.